The van der Waals surface area contributed by atoms with Crippen molar-refractivity contribution >= 4 is 24.0 Å². The Morgan fingerprint density at radius 2 is 2.47 bits per heavy atom. The van der Waals surface area contributed by atoms with E-state index in [1.165, 1.54) is 18.9 Å². The fourth-order valence-electron chi connectivity index (χ4n) is 1.23. The summed E-state index contributed by atoms with van der Waals surface area (Å²) in [5, 5.41) is 18.3. The smallest absolute Gasteiger partial charge is 0.338 e. The van der Waals surface area contributed by atoms with Gasteiger partial charge >= 0.3 is 5.97 Å². The van der Waals surface area contributed by atoms with Gasteiger partial charge in [-0.2, -0.15) is 5.10 Å². The van der Waals surface area contributed by atoms with Crippen molar-refractivity contribution in [2.24, 2.45) is 5.92 Å². The van der Waals surface area contributed by atoms with Crippen LogP contribution in [-0.4, -0.2) is 27.8 Å². The number of carboxylic acids is 1. The van der Waals surface area contributed by atoms with E-state index >= 15 is 0 Å². The number of hydrogen-bond acceptors (Lipinski definition) is 4. The quantitative estimate of drug-likeness (QED) is 0.679. The highest BCUT2D eigenvalue weighted by Crippen LogP contribution is 2.28. The van der Waals surface area contributed by atoms with Gasteiger partial charge in [-0.25, -0.2) is 4.79 Å². The summed E-state index contributed by atoms with van der Waals surface area (Å²) in [6.45, 7) is 0.844. The minimum absolute atomic E-state index is 0.0818. The second kappa shape index (κ2) is 3.98. The molecule has 1 saturated carbocycles. The van der Waals surface area contributed by atoms with Gasteiger partial charge in [-0.3, -0.25) is 5.10 Å². The largest absolute Gasteiger partial charge is 0.478 e. The minimum Gasteiger partial charge on any atom is -0.478 e. The second-order valence-electron chi connectivity index (χ2n) is 3.63. The third-order valence-electron chi connectivity index (χ3n) is 2.30. The lowest BCUT2D eigenvalue weighted by Crippen LogP contribution is -2.08. The standard InChI is InChI=1S/C9H11N3O2S/c13-9(14)6-3-7(11-12-8(6)15)10-4-5-1-2-5/h3,5H,1-2,4H2,(H,10,11)(H,12,15)(H,13,14). The van der Waals surface area contributed by atoms with E-state index in [2.05, 4.69) is 15.5 Å². The summed E-state index contributed by atoms with van der Waals surface area (Å²) in [4.78, 5) is 10.8. The number of anilines is 1. The van der Waals surface area contributed by atoms with Gasteiger partial charge in [0.1, 0.15) is 10.5 Å². The first kappa shape index (κ1) is 10.1. The number of H-pyrrole nitrogens is 1. The lowest BCUT2D eigenvalue weighted by molar-refractivity contribution is 0.0695. The molecule has 0 atom stereocenters. The molecule has 0 unspecified atom stereocenters. The van der Waals surface area contributed by atoms with Crippen LogP contribution in [0.2, 0.25) is 0 Å². The molecular formula is C9H11N3O2S. The number of carboxylic acid groups (broad SMARTS) is 1. The fraction of sp³-hybridized carbons (Fsp3) is 0.444. The zero-order valence-electron chi connectivity index (χ0n) is 7.99. The number of rotatable bonds is 4. The highest BCUT2D eigenvalue weighted by molar-refractivity contribution is 7.71. The summed E-state index contributed by atoms with van der Waals surface area (Å²) in [7, 11) is 0. The lowest BCUT2D eigenvalue weighted by Gasteiger charge is -2.04. The molecule has 0 aromatic carbocycles. The maximum absolute atomic E-state index is 10.8. The van der Waals surface area contributed by atoms with Crippen molar-refractivity contribution < 1.29 is 9.90 Å². The first-order valence-corrected chi connectivity index (χ1v) is 5.14. The minimum atomic E-state index is -1.03. The molecule has 6 heteroatoms. The van der Waals surface area contributed by atoms with E-state index in [9.17, 15) is 4.79 Å². The molecule has 1 aromatic heterocycles. The molecule has 1 aromatic rings. The van der Waals surface area contributed by atoms with Gasteiger partial charge in [-0.1, -0.05) is 12.2 Å². The first-order valence-electron chi connectivity index (χ1n) is 4.73. The van der Waals surface area contributed by atoms with E-state index in [1.807, 2.05) is 0 Å². The van der Waals surface area contributed by atoms with Gasteiger partial charge in [0.25, 0.3) is 0 Å². The Balaban J connectivity index is 2.13. The summed E-state index contributed by atoms with van der Waals surface area (Å²) in [6, 6.07) is 1.46. The lowest BCUT2D eigenvalue weighted by atomic mass is 10.3. The van der Waals surface area contributed by atoms with Crippen LogP contribution in [0.1, 0.15) is 23.2 Å². The average molecular weight is 225 g/mol. The van der Waals surface area contributed by atoms with Crippen LogP contribution in [0, 0.1) is 10.6 Å². The summed E-state index contributed by atoms with van der Waals surface area (Å²) in [5.74, 6) is 0.212. The van der Waals surface area contributed by atoms with E-state index in [-0.39, 0.29) is 10.2 Å². The van der Waals surface area contributed by atoms with Gasteiger partial charge in [-0.15, -0.1) is 0 Å². The number of hydrogen-bond donors (Lipinski definition) is 3. The molecule has 3 N–H and O–H groups in total. The van der Waals surface area contributed by atoms with Crippen molar-refractivity contribution in [3.05, 3.63) is 16.3 Å². The van der Waals surface area contributed by atoms with Crippen LogP contribution >= 0.6 is 12.2 Å². The van der Waals surface area contributed by atoms with Crippen molar-refractivity contribution in [3.8, 4) is 0 Å². The van der Waals surface area contributed by atoms with Crippen molar-refractivity contribution in [1.82, 2.24) is 10.2 Å². The molecule has 1 fully saturated rings. The summed E-state index contributed by atoms with van der Waals surface area (Å²) >= 11 is 4.81. The summed E-state index contributed by atoms with van der Waals surface area (Å²) < 4.78 is 0.152. The van der Waals surface area contributed by atoms with Crippen LogP contribution in [0.4, 0.5) is 5.82 Å². The third-order valence-corrected chi connectivity index (χ3v) is 2.61. The van der Waals surface area contributed by atoms with Crippen LogP contribution in [0.15, 0.2) is 6.07 Å². The number of nitrogens with one attached hydrogen (secondary N) is 2. The van der Waals surface area contributed by atoms with Gasteiger partial charge in [-0.05, 0) is 24.8 Å². The predicted molar refractivity (Wildman–Crippen MR) is 57.6 cm³/mol. The van der Waals surface area contributed by atoms with Gasteiger partial charge in [0.2, 0.25) is 0 Å². The summed E-state index contributed by atoms with van der Waals surface area (Å²) in [5.41, 5.74) is 0.0818. The Morgan fingerprint density at radius 1 is 1.73 bits per heavy atom. The first-order chi connectivity index (χ1) is 7.16. The van der Waals surface area contributed by atoms with E-state index in [1.54, 1.807) is 0 Å². The summed E-state index contributed by atoms with van der Waals surface area (Å²) in [6.07, 6.45) is 2.48. The predicted octanol–water partition coefficient (Wildman–Crippen LogP) is 1.66. The topological polar surface area (TPSA) is 78.0 Å². The van der Waals surface area contributed by atoms with Crippen LogP contribution in [0.3, 0.4) is 0 Å². The Hall–Kier alpha value is -1.43. The van der Waals surface area contributed by atoms with Crippen molar-refractivity contribution in [3.63, 3.8) is 0 Å². The van der Waals surface area contributed by atoms with Gasteiger partial charge in [0.05, 0.1) is 5.56 Å². The Morgan fingerprint density at radius 3 is 3.07 bits per heavy atom. The second-order valence-corrected chi connectivity index (χ2v) is 4.03. The molecule has 0 amide bonds. The zero-order valence-corrected chi connectivity index (χ0v) is 8.80. The molecule has 80 valence electrons. The molecule has 15 heavy (non-hydrogen) atoms. The number of nitrogens with zero attached hydrogens (tertiary/aromatic N) is 1. The molecule has 0 bridgehead atoms. The number of aromatic nitrogens is 2. The number of aromatic amines is 1. The van der Waals surface area contributed by atoms with E-state index in [0.29, 0.717) is 11.7 Å². The third kappa shape index (κ3) is 2.53. The maximum atomic E-state index is 10.8. The molecule has 1 aliphatic rings. The Bertz CT molecular complexity index is 439. The fourth-order valence-corrected chi connectivity index (χ4v) is 1.42. The van der Waals surface area contributed by atoms with E-state index in [0.717, 1.165) is 6.54 Å². The average Bonchev–Trinajstić information content (AvgIpc) is 3.00. The molecule has 0 aliphatic heterocycles. The zero-order chi connectivity index (χ0) is 10.8. The molecule has 0 saturated heterocycles. The van der Waals surface area contributed by atoms with Gasteiger partial charge in [0.15, 0.2) is 0 Å². The molecular weight excluding hydrogens is 214 g/mol. The molecule has 1 aliphatic carbocycles. The van der Waals surface area contributed by atoms with Crippen LogP contribution in [0.25, 0.3) is 0 Å². The van der Waals surface area contributed by atoms with E-state index < -0.39 is 5.97 Å². The van der Waals surface area contributed by atoms with Crippen molar-refractivity contribution in [1.29, 1.82) is 0 Å². The van der Waals surface area contributed by atoms with Gasteiger partial charge < -0.3 is 10.4 Å². The van der Waals surface area contributed by atoms with Crippen molar-refractivity contribution in [2.75, 3.05) is 11.9 Å². The van der Waals surface area contributed by atoms with Gasteiger partial charge in [0, 0.05) is 6.54 Å². The van der Waals surface area contributed by atoms with Crippen LogP contribution < -0.4 is 5.32 Å². The molecule has 5 nitrogen and oxygen atoms in total. The number of aromatic carboxylic acids is 1. The van der Waals surface area contributed by atoms with Crippen LogP contribution in [0.5, 0.6) is 0 Å². The highest BCUT2D eigenvalue weighted by atomic mass is 32.1. The molecule has 0 spiro atoms. The van der Waals surface area contributed by atoms with Crippen LogP contribution in [-0.2, 0) is 0 Å². The SMILES string of the molecule is O=C(O)c1cc(NCC2CC2)n[nH]c1=S. The molecule has 0 radical (unpaired) electrons. The molecule has 1 heterocycles. The Labute approximate surface area is 91.5 Å². The number of carbonyl (C=O) groups is 1. The Kier molecular flexibility index (Phi) is 2.68. The monoisotopic (exact) mass is 225 g/mol. The maximum Gasteiger partial charge on any atom is 0.338 e. The van der Waals surface area contributed by atoms with Crippen molar-refractivity contribution in [2.45, 2.75) is 12.8 Å². The van der Waals surface area contributed by atoms with E-state index in [4.69, 9.17) is 17.3 Å². The highest BCUT2D eigenvalue weighted by Gasteiger charge is 2.21. The normalized spacial score (nSPS) is 14.9. The molecule has 2 rings (SSSR count).